The maximum atomic E-state index is 12.7. The van der Waals surface area contributed by atoms with E-state index in [9.17, 15) is 8.42 Å². The molecule has 0 radical (unpaired) electrons. The van der Waals surface area contributed by atoms with E-state index >= 15 is 0 Å². The van der Waals surface area contributed by atoms with E-state index in [-0.39, 0.29) is 4.90 Å². The highest BCUT2D eigenvalue weighted by Gasteiger charge is 2.30. The number of hydrogen-bond donors (Lipinski definition) is 1. The zero-order valence-electron chi connectivity index (χ0n) is 13.2. The summed E-state index contributed by atoms with van der Waals surface area (Å²) in [6.45, 7) is 5.97. The summed E-state index contributed by atoms with van der Waals surface area (Å²) in [4.78, 5) is 2.61. The van der Waals surface area contributed by atoms with Gasteiger partial charge in [-0.3, -0.25) is 0 Å². The van der Waals surface area contributed by atoms with E-state index in [0.29, 0.717) is 18.1 Å². The molecule has 3 rings (SSSR count). The van der Waals surface area contributed by atoms with Crippen molar-refractivity contribution in [3.8, 4) is 0 Å². The Labute approximate surface area is 143 Å². The summed E-state index contributed by atoms with van der Waals surface area (Å²) in [5.41, 5.74) is 0. The normalized spacial score (nSPS) is 22.3. The Kier molecular flexibility index (Phi) is 5.59. The molecule has 7 heteroatoms. The van der Waals surface area contributed by atoms with Crippen molar-refractivity contribution in [3.05, 3.63) is 29.3 Å². The van der Waals surface area contributed by atoms with Crippen LogP contribution in [0.25, 0.3) is 0 Å². The maximum absolute atomic E-state index is 12.7. The van der Waals surface area contributed by atoms with Gasteiger partial charge >= 0.3 is 0 Å². The third-order valence-electron chi connectivity index (χ3n) is 4.76. The largest absolute Gasteiger partial charge is 0.317 e. The van der Waals surface area contributed by atoms with Crippen molar-refractivity contribution in [3.63, 3.8) is 0 Å². The zero-order chi connectivity index (χ0) is 16.3. The smallest absolute Gasteiger partial charge is 0.244 e. The molecule has 0 spiro atoms. The number of halogens is 1. The lowest BCUT2D eigenvalue weighted by atomic mass is 9.97. The molecule has 0 aliphatic carbocycles. The molecule has 23 heavy (non-hydrogen) atoms. The van der Waals surface area contributed by atoms with Crippen LogP contribution in [0.1, 0.15) is 12.8 Å². The molecule has 0 aromatic heterocycles. The van der Waals surface area contributed by atoms with Crippen LogP contribution >= 0.6 is 11.6 Å². The molecule has 0 amide bonds. The van der Waals surface area contributed by atoms with Crippen molar-refractivity contribution in [2.45, 2.75) is 17.7 Å². The van der Waals surface area contributed by atoms with Crippen molar-refractivity contribution in [1.82, 2.24) is 14.5 Å². The van der Waals surface area contributed by atoms with E-state index in [1.807, 2.05) is 0 Å². The molecule has 1 aromatic rings. The van der Waals surface area contributed by atoms with Gasteiger partial charge in [-0.1, -0.05) is 23.7 Å². The molecule has 128 valence electrons. The fourth-order valence-electron chi connectivity index (χ4n) is 3.37. The molecule has 1 aromatic carbocycles. The van der Waals surface area contributed by atoms with Crippen LogP contribution in [0.2, 0.25) is 5.02 Å². The van der Waals surface area contributed by atoms with Gasteiger partial charge in [0.15, 0.2) is 0 Å². The Bertz CT molecular complexity index is 624. The summed E-state index contributed by atoms with van der Waals surface area (Å²) in [5, 5.41) is 3.68. The van der Waals surface area contributed by atoms with E-state index in [1.54, 1.807) is 28.6 Å². The summed E-state index contributed by atoms with van der Waals surface area (Å²) in [6, 6.07) is 6.67. The van der Waals surface area contributed by atoms with E-state index in [4.69, 9.17) is 11.6 Å². The van der Waals surface area contributed by atoms with Crippen molar-refractivity contribution in [2.75, 3.05) is 45.8 Å². The van der Waals surface area contributed by atoms with Gasteiger partial charge in [-0.05, 0) is 44.0 Å². The second-order valence-electron chi connectivity index (χ2n) is 6.33. The molecule has 2 saturated heterocycles. The van der Waals surface area contributed by atoms with E-state index < -0.39 is 10.0 Å². The van der Waals surface area contributed by atoms with Gasteiger partial charge in [0.2, 0.25) is 10.0 Å². The first kappa shape index (κ1) is 17.2. The third-order valence-corrected chi connectivity index (χ3v) is 7.16. The lowest BCUT2D eigenvalue weighted by Gasteiger charge is -2.36. The molecule has 2 heterocycles. The predicted molar refractivity (Wildman–Crippen MR) is 92.2 cm³/mol. The minimum Gasteiger partial charge on any atom is -0.317 e. The van der Waals surface area contributed by atoms with E-state index in [0.717, 1.165) is 38.6 Å². The molecule has 2 aliphatic rings. The first-order chi connectivity index (χ1) is 11.1. The van der Waals surface area contributed by atoms with Crippen molar-refractivity contribution >= 4 is 21.6 Å². The quantitative estimate of drug-likeness (QED) is 0.890. The van der Waals surface area contributed by atoms with Crippen LogP contribution in [-0.4, -0.2) is 63.4 Å². The monoisotopic (exact) mass is 357 g/mol. The van der Waals surface area contributed by atoms with Crippen LogP contribution in [0.4, 0.5) is 0 Å². The maximum Gasteiger partial charge on any atom is 0.244 e. The van der Waals surface area contributed by atoms with Crippen molar-refractivity contribution in [1.29, 1.82) is 0 Å². The third kappa shape index (κ3) is 4.06. The van der Waals surface area contributed by atoms with E-state index in [1.165, 1.54) is 12.8 Å². The average molecular weight is 358 g/mol. The Morgan fingerprint density at radius 1 is 1.09 bits per heavy atom. The molecular weight excluding hydrogens is 334 g/mol. The van der Waals surface area contributed by atoms with Gasteiger partial charge in [0.25, 0.3) is 0 Å². The fraction of sp³-hybridized carbons (Fsp3) is 0.625. The lowest BCUT2D eigenvalue weighted by Crippen LogP contribution is -2.50. The lowest BCUT2D eigenvalue weighted by molar-refractivity contribution is 0.152. The number of piperidine rings is 1. The number of hydrogen-bond acceptors (Lipinski definition) is 4. The topological polar surface area (TPSA) is 52.7 Å². The number of rotatable bonds is 4. The Morgan fingerprint density at radius 2 is 1.74 bits per heavy atom. The number of piperazine rings is 1. The summed E-state index contributed by atoms with van der Waals surface area (Å²) >= 11 is 6.06. The molecule has 0 bridgehead atoms. The number of sulfonamides is 1. The highest BCUT2D eigenvalue weighted by atomic mass is 35.5. The van der Waals surface area contributed by atoms with Crippen LogP contribution in [0, 0.1) is 5.92 Å². The fourth-order valence-corrected chi connectivity index (χ4v) is 5.29. The number of benzene rings is 1. The second-order valence-corrected chi connectivity index (χ2v) is 8.64. The van der Waals surface area contributed by atoms with Crippen LogP contribution < -0.4 is 5.32 Å². The second kappa shape index (κ2) is 7.49. The van der Waals surface area contributed by atoms with Gasteiger partial charge in [0.05, 0.1) is 5.02 Å². The molecule has 2 aliphatic heterocycles. The first-order valence-electron chi connectivity index (χ1n) is 8.25. The van der Waals surface area contributed by atoms with Crippen LogP contribution in [0.3, 0.4) is 0 Å². The van der Waals surface area contributed by atoms with Gasteiger partial charge in [-0.25, -0.2) is 8.42 Å². The Morgan fingerprint density at radius 3 is 2.39 bits per heavy atom. The van der Waals surface area contributed by atoms with Gasteiger partial charge in [-0.15, -0.1) is 0 Å². The van der Waals surface area contributed by atoms with Gasteiger partial charge in [-0.2, -0.15) is 4.31 Å². The zero-order valence-corrected chi connectivity index (χ0v) is 14.8. The average Bonchev–Trinajstić information content (AvgIpc) is 2.56. The van der Waals surface area contributed by atoms with Gasteiger partial charge in [0.1, 0.15) is 4.90 Å². The summed E-state index contributed by atoms with van der Waals surface area (Å²) in [5.74, 6) is 0.739. The Balaban J connectivity index is 1.59. The van der Waals surface area contributed by atoms with Crippen LogP contribution in [0.5, 0.6) is 0 Å². The number of nitrogens with zero attached hydrogens (tertiary/aromatic N) is 2. The summed E-state index contributed by atoms with van der Waals surface area (Å²) < 4.78 is 27.0. The van der Waals surface area contributed by atoms with Crippen LogP contribution in [0.15, 0.2) is 29.2 Å². The molecule has 0 unspecified atom stereocenters. The molecule has 5 nitrogen and oxygen atoms in total. The molecular formula is C16H24ClN3O2S. The standard InChI is InChI=1S/C16H24ClN3O2S/c17-15-3-1-2-4-16(15)23(21,22)20-11-9-19(10-12-20)13-14-5-7-18-8-6-14/h1-4,14,18H,5-13H2. The van der Waals surface area contributed by atoms with Crippen molar-refractivity contribution in [2.24, 2.45) is 5.92 Å². The first-order valence-corrected chi connectivity index (χ1v) is 10.1. The summed E-state index contributed by atoms with van der Waals surface area (Å²) in [6.07, 6.45) is 2.44. The SMILES string of the molecule is O=S(=O)(c1ccccc1Cl)N1CCN(CC2CCNCC2)CC1. The predicted octanol–water partition coefficient (Wildman–Crippen LogP) is 1.65. The molecule has 1 N–H and O–H groups in total. The highest BCUT2D eigenvalue weighted by molar-refractivity contribution is 7.89. The molecule has 2 fully saturated rings. The highest BCUT2D eigenvalue weighted by Crippen LogP contribution is 2.25. The molecule has 0 atom stereocenters. The van der Waals surface area contributed by atoms with E-state index in [2.05, 4.69) is 10.2 Å². The summed E-state index contributed by atoms with van der Waals surface area (Å²) in [7, 11) is -3.48. The van der Waals surface area contributed by atoms with Crippen molar-refractivity contribution < 1.29 is 8.42 Å². The minimum atomic E-state index is -3.48. The van der Waals surface area contributed by atoms with Gasteiger partial charge in [0, 0.05) is 32.7 Å². The van der Waals surface area contributed by atoms with Gasteiger partial charge < -0.3 is 10.2 Å². The number of nitrogens with one attached hydrogen (secondary N) is 1. The van der Waals surface area contributed by atoms with Crippen LogP contribution in [-0.2, 0) is 10.0 Å². The Hall–Kier alpha value is -0.660. The minimum absolute atomic E-state index is 0.216. The molecule has 0 saturated carbocycles.